The van der Waals surface area contributed by atoms with Crippen LogP contribution in [0.3, 0.4) is 0 Å². The van der Waals surface area contributed by atoms with Crippen molar-refractivity contribution >= 4 is 46.4 Å². The minimum Gasteiger partial charge on any atom is -0.469 e. The number of ether oxygens (including phenoxy) is 1. The Hall–Kier alpha value is -0.720. The molecule has 0 aromatic carbocycles. The van der Waals surface area contributed by atoms with Crippen molar-refractivity contribution in [2.75, 3.05) is 20.2 Å². The topological polar surface area (TPSA) is 46.6 Å². The average molecular weight is 303 g/mol. The minimum absolute atomic E-state index is 0.0625. The summed E-state index contributed by atoms with van der Waals surface area (Å²) in [5, 5.41) is 0. The first kappa shape index (κ1) is 18.3. The van der Waals surface area contributed by atoms with Crippen LogP contribution in [0.25, 0.3) is 0 Å². The van der Waals surface area contributed by atoms with Gasteiger partial charge in [-0.3, -0.25) is 9.69 Å². The summed E-state index contributed by atoms with van der Waals surface area (Å²) in [5.74, 6) is -0.389. The van der Waals surface area contributed by atoms with Gasteiger partial charge < -0.3 is 9.53 Å². The van der Waals surface area contributed by atoms with Crippen molar-refractivity contribution in [2.45, 2.75) is 39.2 Å². The van der Waals surface area contributed by atoms with Gasteiger partial charge in [0.25, 0.3) is 0 Å². The van der Waals surface area contributed by atoms with E-state index in [1.807, 2.05) is 18.7 Å². The smallest absolute Gasteiger partial charge is 0.307 e. The summed E-state index contributed by atoms with van der Waals surface area (Å²) in [6.45, 7) is 5.04. The maximum atomic E-state index is 11.3. The quantitative estimate of drug-likeness (QED) is 0.349. The molecule has 0 aliphatic rings. The van der Waals surface area contributed by atoms with Crippen LogP contribution in [-0.4, -0.2) is 53.1 Å². The number of aldehydes is 1. The van der Waals surface area contributed by atoms with Crippen LogP contribution in [0.4, 0.5) is 0 Å². The van der Waals surface area contributed by atoms with Crippen LogP contribution in [0.1, 0.15) is 33.1 Å². The predicted molar refractivity (Wildman–Crippen MR) is 83.8 cm³/mol. The number of carbonyl (C=O) groups is 2. The van der Waals surface area contributed by atoms with Crippen molar-refractivity contribution in [1.29, 1.82) is 0 Å². The number of nitrogens with zero attached hydrogens (tertiary/aromatic N) is 1. The van der Waals surface area contributed by atoms with Gasteiger partial charge >= 0.3 is 5.97 Å². The lowest BCUT2D eigenvalue weighted by Gasteiger charge is -2.27. The normalized spacial score (nSPS) is 12.0. The van der Waals surface area contributed by atoms with E-state index in [0.717, 1.165) is 28.9 Å². The number of carbonyl (C=O) groups excluding carboxylic acids is 2. The Labute approximate surface area is 125 Å². The standard InChI is InChI=1S/C13H21NO3S2/c1-10(18)4-6-14(7-5-11(2)19)12(9-15)8-13(16)17-3/h9,12H,4-8H2,1-3H3. The lowest BCUT2D eigenvalue weighted by Crippen LogP contribution is -2.40. The third-order valence-corrected chi connectivity index (χ3v) is 3.14. The number of thiocarbonyl (C=S) groups is 2. The van der Waals surface area contributed by atoms with Gasteiger partial charge in [-0.1, -0.05) is 24.4 Å². The Bertz CT molecular complexity index is 327. The molecule has 0 fully saturated rings. The fraction of sp³-hybridized carbons (Fsp3) is 0.692. The Kier molecular flexibility index (Phi) is 9.73. The van der Waals surface area contributed by atoms with Gasteiger partial charge in [-0.05, 0) is 36.4 Å². The SMILES string of the molecule is COC(=O)CC(C=O)N(CCC(C)=S)CCC(C)=S. The molecule has 0 aliphatic carbocycles. The summed E-state index contributed by atoms with van der Waals surface area (Å²) in [7, 11) is 1.32. The molecule has 1 unspecified atom stereocenters. The van der Waals surface area contributed by atoms with Gasteiger partial charge in [0.1, 0.15) is 6.29 Å². The summed E-state index contributed by atoms with van der Waals surface area (Å²) in [6.07, 6.45) is 2.29. The van der Waals surface area contributed by atoms with Crippen molar-refractivity contribution < 1.29 is 14.3 Å². The number of rotatable bonds is 10. The van der Waals surface area contributed by atoms with E-state index in [1.54, 1.807) is 0 Å². The Balaban J connectivity index is 4.63. The van der Waals surface area contributed by atoms with Crippen molar-refractivity contribution in [3.8, 4) is 0 Å². The van der Waals surface area contributed by atoms with Crippen LogP contribution in [0, 0.1) is 0 Å². The van der Waals surface area contributed by atoms with Crippen LogP contribution in [0.15, 0.2) is 0 Å². The molecule has 108 valence electrons. The Morgan fingerprint density at radius 2 is 1.68 bits per heavy atom. The van der Waals surface area contributed by atoms with Gasteiger partial charge in [-0.25, -0.2) is 0 Å². The zero-order valence-electron chi connectivity index (χ0n) is 11.7. The zero-order chi connectivity index (χ0) is 14.8. The number of methoxy groups -OCH3 is 1. The summed E-state index contributed by atoms with van der Waals surface area (Å²) in [5.41, 5.74) is 0. The van der Waals surface area contributed by atoms with Gasteiger partial charge in [0, 0.05) is 13.1 Å². The second-order valence-electron chi connectivity index (χ2n) is 4.42. The first-order valence-electron chi connectivity index (χ1n) is 6.15. The third kappa shape index (κ3) is 8.91. The number of esters is 1. The van der Waals surface area contributed by atoms with Gasteiger partial charge in [-0.15, -0.1) is 0 Å². The zero-order valence-corrected chi connectivity index (χ0v) is 13.3. The predicted octanol–water partition coefficient (Wildman–Crippen LogP) is 1.98. The van der Waals surface area contributed by atoms with E-state index >= 15 is 0 Å². The molecule has 0 bridgehead atoms. The van der Waals surface area contributed by atoms with Gasteiger partial charge in [-0.2, -0.15) is 0 Å². The molecule has 0 rings (SSSR count). The molecule has 0 spiro atoms. The van der Waals surface area contributed by atoms with Crippen LogP contribution < -0.4 is 0 Å². The molecule has 0 saturated heterocycles. The lowest BCUT2D eigenvalue weighted by atomic mass is 10.1. The summed E-state index contributed by atoms with van der Waals surface area (Å²) in [4.78, 5) is 26.2. The third-order valence-electron chi connectivity index (χ3n) is 2.73. The molecule has 0 aliphatic heterocycles. The molecule has 0 saturated carbocycles. The maximum Gasteiger partial charge on any atom is 0.307 e. The first-order valence-corrected chi connectivity index (χ1v) is 6.97. The van der Waals surface area contributed by atoms with E-state index in [0.29, 0.717) is 13.1 Å². The van der Waals surface area contributed by atoms with Crippen molar-refractivity contribution in [3.63, 3.8) is 0 Å². The van der Waals surface area contributed by atoms with E-state index in [9.17, 15) is 9.59 Å². The van der Waals surface area contributed by atoms with Crippen molar-refractivity contribution in [2.24, 2.45) is 0 Å². The highest BCUT2D eigenvalue weighted by Crippen LogP contribution is 2.07. The molecule has 4 nitrogen and oxygen atoms in total. The van der Waals surface area contributed by atoms with Crippen LogP contribution in [-0.2, 0) is 14.3 Å². The average Bonchev–Trinajstić information content (AvgIpc) is 2.35. The van der Waals surface area contributed by atoms with Crippen molar-refractivity contribution in [3.05, 3.63) is 0 Å². The minimum atomic E-state index is -0.476. The Morgan fingerprint density at radius 1 is 1.21 bits per heavy atom. The van der Waals surface area contributed by atoms with Gasteiger partial charge in [0.2, 0.25) is 0 Å². The second-order valence-corrected chi connectivity index (χ2v) is 5.82. The summed E-state index contributed by atoms with van der Waals surface area (Å²) >= 11 is 10.1. The van der Waals surface area contributed by atoms with Crippen molar-refractivity contribution in [1.82, 2.24) is 4.90 Å². The molecular formula is C13H21NO3S2. The highest BCUT2D eigenvalue weighted by molar-refractivity contribution is 7.80. The Morgan fingerprint density at radius 3 is 2.00 bits per heavy atom. The van der Waals surface area contributed by atoms with Gasteiger partial charge in [0.05, 0.1) is 19.6 Å². The van der Waals surface area contributed by atoms with Crippen LogP contribution >= 0.6 is 24.4 Å². The largest absolute Gasteiger partial charge is 0.469 e. The summed E-state index contributed by atoms with van der Waals surface area (Å²) in [6, 6.07) is -0.476. The van der Waals surface area contributed by atoms with E-state index in [4.69, 9.17) is 24.4 Å². The van der Waals surface area contributed by atoms with E-state index in [1.165, 1.54) is 7.11 Å². The molecule has 0 heterocycles. The molecule has 19 heavy (non-hydrogen) atoms. The molecule has 0 amide bonds. The highest BCUT2D eigenvalue weighted by Gasteiger charge is 2.21. The highest BCUT2D eigenvalue weighted by atomic mass is 32.1. The monoisotopic (exact) mass is 303 g/mol. The maximum absolute atomic E-state index is 11.3. The van der Waals surface area contributed by atoms with Gasteiger partial charge in [0.15, 0.2) is 0 Å². The van der Waals surface area contributed by atoms with Crippen LogP contribution in [0.5, 0.6) is 0 Å². The summed E-state index contributed by atoms with van der Waals surface area (Å²) < 4.78 is 4.61. The number of hydrogen-bond donors (Lipinski definition) is 0. The fourth-order valence-electron chi connectivity index (χ4n) is 1.56. The number of hydrogen-bond acceptors (Lipinski definition) is 6. The van der Waals surface area contributed by atoms with E-state index in [-0.39, 0.29) is 12.4 Å². The molecular weight excluding hydrogens is 282 g/mol. The van der Waals surface area contributed by atoms with Crippen LogP contribution in [0.2, 0.25) is 0 Å². The molecule has 0 radical (unpaired) electrons. The van der Waals surface area contributed by atoms with E-state index < -0.39 is 6.04 Å². The fourth-order valence-corrected chi connectivity index (χ4v) is 1.75. The second kappa shape index (κ2) is 10.1. The van der Waals surface area contributed by atoms with E-state index in [2.05, 4.69) is 4.74 Å². The first-order chi connectivity index (χ1) is 8.90. The molecule has 0 aromatic heterocycles. The molecule has 6 heteroatoms. The molecule has 0 N–H and O–H groups in total. The molecule has 0 aromatic rings. The lowest BCUT2D eigenvalue weighted by molar-refractivity contribution is -0.143. The molecule has 1 atom stereocenters.